The number of carbonyl (C=O) groups excluding carboxylic acids is 1. The summed E-state index contributed by atoms with van der Waals surface area (Å²) in [4.78, 5) is 16.8. The number of nitrogens with one attached hydrogen (secondary N) is 1. The van der Waals surface area contributed by atoms with Crippen LogP contribution in [-0.4, -0.2) is 41.0 Å². The number of aryl methyl sites for hydroxylation is 1. The van der Waals surface area contributed by atoms with Gasteiger partial charge in [0.2, 0.25) is 5.91 Å². The summed E-state index contributed by atoms with van der Waals surface area (Å²) < 4.78 is 12.4. The van der Waals surface area contributed by atoms with Crippen LogP contribution in [0.2, 0.25) is 0 Å². The zero-order chi connectivity index (χ0) is 21.5. The minimum atomic E-state index is -0.0107. The zero-order valence-corrected chi connectivity index (χ0v) is 17.9. The van der Waals surface area contributed by atoms with E-state index in [-0.39, 0.29) is 11.9 Å². The monoisotopic (exact) mass is 408 g/mol. The minimum absolute atomic E-state index is 0.0107. The van der Waals surface area contributed by atoms with Gasteiger partial charge in [0.1, 0.15) is 6.61 Å². The van der Waals surface area contributed by atoms with Crippen LogP contribution in [0, 0.1) is 12.8 Å². The molecule has 3 aromatic rings. The van der Waals surface area contributed by atoms with Gasteiger partial charge in [0.25, 0.3) is 0 Å². The fourth-order valence-corrected chi connectivity index (χ4v) is 3.05. The van der Waals surface area contributed by atoms with Crippen molar-refractivity contribution < 1.29 is 14.3 Å². The first-order valence-electron chi connectivity index (χ1n) is 10.0. The molecule has 0 radical (unpaired) electrons. The number of amides is 1. The summed E-state index contributed by atoms with van der Waals surface area (Å²) in [5, 5.41) is 7.51. The second-order valence-corrected chi connectivity index (χ2v) is 7.48. The molecule has 158 valence electrons. The summed E-state index contributed by atoms with van der Waals surface area (Å²) in [5.74, 6) is 0.956. The molecule has 0 bridgehead atoms. The molecule has 0 spiro atoms. The van der Waals surface area contributed by atoms with Crippen molar-refractivity contribution in [3.05, 3.63) is 54.1 Å². The topological polar surface area (TPSA) is 78.3 Å². The van der Waals surface area contributed by atoms with E-state index < -0.39 is 0 Å². The Hall–Kier alpha value is -3.19. The Morgan fingerprint density at radius 3 is 2.67 bits per heavy atom. The number of ether oxygens (including phenoxy) is 2. The largest absolute Gasteiger partial charge is 0.460 e. The van der Waals surface area contributed by atoms with E-state index in [2.05, 4.69) is 15.4 Å². The fourth-order valence-electron chi connectivity index (χ4n) is 3.05. The molecule has 0 aliphatic carbocycles. The van der Waals surface area contributed by atoms with Crippen molar-refractivity contribution in [2.75, 3.05) is 25.6 Å². The van der Waals surface area contributed by atoms with Crippen LogP contribution < -0.4 is 10.1 Å². The van der Waals surface area contributed by atoms with Crippen LogP contribution in [-0.2, 0) is 9.53 Å². The molecule has 30 heavy (non-hydrogen) atoms. The van der Waals surface area contributed by atoms with E-state index in [4.69, 9.17) is 9.47 Å². The second-order valence-electron chi connectivity index (χ2n) is 7.48. The van der Waals surface area contributed by atoms with Crippen molar-refractivity contribution >= 4 is 11.6 Å². The molecule has 3 rings (SSSR count). The lowest BCUT2D eigenvalue weighted by Gasteiger charge is -2.11. The number of nitrogens with zero attached hydrogens (tertiary/aromatic N) is 3. The highest BCUT2D eigenvalue weighted by Crippen LogP contribution is 2.27. The average molecular weight is 409 g/mol. The second kappa shape index (κ2) is 10.0. The smallest absolute Gasteiger partial charge is 0.336 e. The van der Waals surface area contributed by atoms with Crippen molar-refractivity contribution in [2.45, 2.75) is 27.2 Å². The fraction of sp³-hybridized carbons (Fsp3) is 0.348. The van der Waals surface area contributed by atoms with E-state index in [1.54, 1.807) is 11.8 Å². The number of methoxy groups -OCH3 is 1. The number of carbonyl (C=O) groups is 1. The molecule has 2 aromatic carbocycles. The molecular weight excluding hydrogens is 380 g/mol. The van der Waals surface area contributed by atoms with Crippen LogP contribution in [0.1, 0.15) is 25.8 Å². The van der Waals surface area contributed by atoms with Gasteiger partial charge in [0, 0.05) is 24.8 Å². The molecule has 0 aliphatic rings. The van der Waals surface area contributed by atoms with Gasteiger partial charge in [-0.2, -0.15) is 4.98 Å². The predicted molar refractivity (Wildman–Crippen MR) is 117 cm³/mol. The van der Waals surface area contributed by atoms with Gasteiger partial charge < -0.3 is 14.8 Å². The number of benzene rings is 2. The first-order valence-corrected chi connectivity index (χ1v) is 10.0. The summed E-state index contributed by atoms with van der Waals surface area (Å²) in [5.41, 5.74) is 3.53. The van der Waals surface area contributed by atoms with Gasteiger partial charge in [-0.05, 0) is 36.6 Å². The molecule has 1 aromatic heterocycles. The molecule has 0 unspecified atom stereocenters. The first kappa shape index (κ1) is 21.5. The maximum absolute atomic E-state index is 12.2. The van der Waals surface area contributed by atoms with Crippen molar-refractivity contribution in [1.29, 1.82) is 0 Å². The van der Waals surface area contributed by atoms with Gasteiger partial charge in [-0.25, -0.2) is 4.68 Å². The van der Waals surface area contributed by atoms with Gasteiger partial charge >= 0.3 is 6.01 Å². The van der Waals surface area contributed by atoms with Crippen LogP contribution in [0.25, 0.3) is 17.1 Å². The van der Waals surface area contributed by atoms with Crippen molar-refractivity contribution in [3.63, 3.8) is 0 Å². The van der Waals surface area contributed by atoms with Gasteiger partial charge in [0.05, 0.1) is 12.3 Å². The Labute approximate surface area is 177 Å². The third-order valence-corrected chi connectivity index (χ3v) is 4.46. The zero-order valence-electron chi connectivity index (χ0n) is 17.9. The van der Waals surface area contributed by atoms with E-state index in [0.717, 1.165) is 16.8 Å². The normalized spacial score (nSPS) is 11.0. The highest BCUT2D eigenvalue weighted by atomic mass is 16.5. The number of hydrogen-bond donors (Lipinski definition) is 1. The highest BCUT2D eigenvalue weighted by Gasteiger charge is 2.17. The maximum atomic E-state index is 12.2. The number of hydrogen-bond acceptors (Lipinski definition) is 5. The van der Waals surface area contributed by atoms with Crippen molar-refractivity contribution in [2.24, 2.45) is 5.92 Å². The van der Waals surface area contributed by atoms with E-state index in [9.17, 15) is 4.79 Å². The van der Waals surface area contributed by atoms with Gasteiger partial charge in [0.15, 0.2) is 5.82 Å². The van der Waals surface area contributed by atoms with Gasteiger partial charge in [-0.3, -0.25) is 4.79 Å². The van der Waals surface area contributed by atoms with Crippen molar-refractivity contribution in [3.8, 4) is 23.1 Å². The molecule has 1 amide bonds. The first-order chi connectivity index (χ1) is 14.5. The Morgan fingerprint density at radius 2 is 1.93 bits per heavy atom. The van der Waals surface area contributed by atoms with E-state index in [0.29, 0.717) is 37.1 Å². The summed E-state index contributed by atoms with van der Waals surface area (Å²) in [6.07, 6.45) is 0.472. The number of aromatic nitrogens is 3. The van der Waals surface area contributed by atoms with E-state index >= 15 is 0 Å². The Morgan fingerprint density at radius 1 is 1.13 bits per heavy atom. The van der Waals surface area contributed by atoms with Gasteiger partial charge in [-0.15, -0.1) is 5.10 Å². The molecule has 1 N–H and O–H groups in total. The summed E-state index contributed by atoms with van der Waals surface area (Å²) in [7, 11) is 1.62. The molecule has 0 atom stereocenters. The third-order valence-electron chi connectivity index (χ3n) is 4.46. The summed E-state index contributed by atoms with van der Waals surface area (Å²) >= 11 is 0. The van der Waals surface area contributed by atoms with Crippen LogP contribution in [0.5, 0.6) is 6.01 Å². The Kier molecular flexibility index (Phi) is 7.19. The standard InChI is InChI=1S/C23H28N4O3/c1-16(2)14-21(28)24-18-9-7-10-19(15-18)27-22(20-11-6-5-8-17(20)3)25-23(26-27)30-13-12-29-4/h5-11,15-16H,12-14H2,1-4H3,(H,24,28). The molecule has 0 saturated carbocycles. The lowest BCUT2D eigenvalue weighted by atomic mass is 10.1. The molecule has 7 nitrogen and oxygen atoms in total. The highest BCUT2D eigenvalue weighted by molar-refractivity contribution is 5.91. The van der Waals surface area contributed by atoms with E-state index in [1.165, 1.54) is 0 Å². The van der Waals surface area contributed by atoms with Gasteiger partial charge in [-0.1, -0.05) is 44.2 Å². The molecule has 0 fully saturated rings. The van der Waals surface area contributed by atoms with Crippen LogP contribution in [0.15, 0.2) is 48.5 Å². The van der Waals surface area contributed by atoms with Crippen LogP contribution in [0.3, 0.4) is 0 Å². The predicted octanol–water partition coefficient (Wildman–Crippen LogP) is 4.25. The Balaban J connectivity index is 1.96. The molecular formula is C23H28N4O3. The van der Waals surface area contributed by atoms with Crippen molar-refractivity contribution in [1.82, 2.24) is 14.8 Å². The molecule has 0 saturated heterocycles. The summed E-state index contributed by atoms with van der Waals surface area (Å²) in [6.45, 7) is 6.88. The lowest BCUT2D eigenvalue weighted by molar-refractivity contribution is -0.116. The third kappa shape index (κ3) is 5.45. The number of anilines is 1. The van der Waals surface area contributed by atoms with Crippen LogP contribution >= 0.6 is 0 Å². The molecule has 0 aliphatic heterocycles. The average Bonchev–Trinajstić information content (AvgIpc) is 3.12. The summed E-state index contributed by atoms with van der Waals surface area (Å²) in [6, 6.07) is 15.8. The van der Waals surface area contributed by atoms with E-state index in [1.807, 2.05) is 69.3 Å². The maximum Gasteiger partial charge on any atom is 0.336 e. The van der Waals surface area contributed by atoms with Crippen LogP contribution in [0.4, 0.5) is 5.69 Å². The Bertz CT molecular complexity index is 998. The molecule has 1 heterocycles. The lowest BCUT2D eigenvalue weighted by Crippen LogP contribution is -2.14. The SMILES string of the molecule is COCCOc1nc(-c2ccccc2C)n(-c2cccc(NC(=O)CC(C)C)c2)n1. The quantitative estimate of drug-likeness (QED) is 0.536. The number of rotatable bonds is 9. The minimum Gasteiger partial charge on any atom is -0.460 e. The molecule has 7 heteroatoms.